The van der Waals surface area contributed by atoms with Gasteiger partial charge in [0.25, 0.3) is 11.8 Å². The second-order valence-corrected chi connectivity index (χ2v) is 6.48. The van der Waals surface area contributed by atoms with Crippen molar-refractivity contribution in [2.24, 2.45) is 0 Å². The molecular weight excluding hydrogens is 328 g/mol. The number of carbonyl (C=O) groups is 2. The maximum absolute atomic E-state index is 12.8. The first-order valence-electron chi connectivity index (χ1n) is 8.96. The highest BCUT2D eigenvalue weighted by atomic mass is 16.5. The van der Waals surface area contributed by atoms with E-state index in [0.29, 0.717) is 23.4 Å². The van der Waals surface area contributed by atoms with Gasteiger partial charge in [0, 0.05) is 25.8 Å². The van der Waals surface area contributed by atoms with E-state index in [1.54, 1.807) is 31.4 Å². The van der Waals surface area contributed by atoms with E-state index in [9.17, 15) is 9.59 Å². The number of hydrogen-bond acceptors (Lipinski definition) is 3. The quantitative estimate of drug-likeness (QED) is 0.892. The van der Waals surface area contributed by atoms with Crippen LogP contribution >= 0.6 is 0 Å². The molecule has 1 aliphatic heterocycles. The molecule has 1 saturated heterocycles. The van der Waals surface area contributed by atoms with Gasteiger partial charge in [-0.2, -0.15) is 0 Å². The molecule has 0 unspecified atom stereocenters. The molecule has 1 N–H and O–H groups in total. The van der Waals surface area contributed by atoms with Crippen LogP contribution in [0, 0.1) is 0 Å². The molecule has 5 heteroatoms. The van der Waals surface area contributed by atoms with Crippen LogP contribution in [0.3, 0.4) is 0 Å². The summed E-state index contributed by atoms with van der Waals surface area (Å²) in [4.78, 5) is 27.3. The van der Waals surface area contributed by atoms with E-state index in [4.69, 9.17) is 4.74 Å². The van der Waals surface area contributed by atoms with Crippen molar-refractivity contribution in [1.82, 2.24) is 4.90 Å². The highest BCUT2D eigenvalue weighted by Crippen LogP contribution is 2.21. The van der Waals surface area contributed by atoms with E-state index >= 15 is 0 Å². The summed E-state index contributed by atoms with van der Waals surface area (Å²) in [6.45, 7) is 2.07. The molecule has 0 atom stereocenters. The maximum Gasteiger partial charge on any atom is 0.255 e. The molecule has 26 heavy (non-hydrogen) atoms. The van der Waals surface area contributed by atoms with Gasteiger partial charge < -0.3 is 15.0 Å². The van der Waals surface area contributed by atoms with Gasteiger partial charge in [0.1, 0.15) is 0 Å². The van der Waals surface area contributed by atoms with Crippen LogP contribution in [0.15, 0.2) is 48.5 Å². The summed E-state index contributed by atoms with van der Waals surface area (Å²) in [5, 5.41) is 2.88. The number of nitrogens with zero attached hydrogens (tertiary/aromatic N) is 1. The Kier molecular flexibility index (Phi) is 6.02. The lowest BCUT2D eigenvalue weighted by atomic mass is 10.1. The van der Waals surface area contributed by atoms with Gasteiger partial charge >= 0.3 is 0 Å². The second kappa shape index (κ2) is 8.63. The second-order valence-electron chi connectivity index (χ2n) is 6.48. The van der Waals surface area contributed by atoms with Crippen molar-refractivity contribution >= 4 is 17.5 Å². The van der Waals surface area contributed by atoms with Crippen molar-refractivity contribution in [3.05, 3.63) is 65.2 Å². The summed E-state index contributed by atoms with van der Waals surface area (Å²) in [6.07, 6.45) is 3.24. The predicted molar refractivity (Wildman–Crippen MR) is 101 cm³/mol. The largest absolute Gasteiger partial charge is 0.380 e. The number of benzene rings is 2. The Hall–Kier alpha value is -2.66. The third kappa shape index (κ3) is 4.29. The van der Waals surface area contributed by atoms with Gasteiger partial charge in [0.05, 0.1) is 17.9 Å². The molecule has 0 aromatic heterocycles. The molecule has 0 saturated carbocycles. The van der Waals surface area contributed by atoms with Gasteiger partial charge in [-0.15, -0.1) is 0 Å². The minimum absolute atomic E-state index is 0.0176. The summed E-state index contributed by atoms with van der Waals surface area (Å²) in [5.41, 5.74) is 2.64. The number of methoxy groups -OCH3 is 1. The van der Waals surface area contributed by atoms with Crippen LogP contribution in [0.5, 0.6) is 0 Å². The number of hydrogen-bond donors (Lipinski definition) is 1. The first-order chi connectivity index (χ1) is 12.7. The number of carbonyl (C=O) groups excluding carboxylic acids is 2. The molecule has 2 amide bonds. The lowest BCUT2D eigenvalue weighted by Gasteiger charge is -2.27. The van der Waals surface area contributed by atoms with Crippen LogP contribution in [0.1, 0.15) is 45.5 Å². The van der Waals surface area contributed by atoms with E-state index < -0.39 is 0 Å². The zero-order valence-corrected chi connectivity index (χ0v) is 15.0. The molecule has 0 bridgehead atoms. The van der Waals surface area contributed by atoms with Crippen LogP contribution < -0.4 is 5.32 Å². The molecule has 0 aliphatic carbocycles. The molecule has 2 aromatic rings. The minimum Gasteiger partial charge on any atom is -0.380 e. The summed E-state index contributed by atoms with van der Waals surface area (Å²) in [6, 6.07) is 14.4. The van der Waals surface area contributed by atoms with Crippen molar-refractivity contribution in [1.29, 1.82) is 0 Å². The Morgan fingerprint density at radius 1 is 1.00 bits per heavy atom. The Labute approximate surface area is 154 Å². The van der Waals surface area contributed by atoms with Crippen LogP contribution in [-0.4, -0.2) is 36.9 Å². The van der Waals surface area contributed by atoms with Gasteiger partial charge in [-0.1, -0.05) is 24.3 Å². The average Bonchev–Trinajstić information content (AvgIpc) is 2.69. The summed E-state index contributed by atoms with van der Waals surface area (Å²) in [7, 11) is 1.64. The van der Waals surface area contributed by atoms with Gasteiger partial charge in [0.15, 0.2) is 0 Å². The number of piperidine rings is 1. The zero-order chi connectivity index (χ0) is 18.4. The smallest absolute Gasteiger partial charge is 0.255 e. The molecule has 136 valence electrons. The number of likely N-dealkylation sites (tertiary alicyclic amines) is 1. The molecule has 1 heterocycles. The lowest BCUT2D eigenvalue weighted by molar-refractivity contribution is 0.0725. The van der Waals surface area contributed by atoms with E-state index in [1.165, 1.54) is 6.42 Å². The van der Waals surface area contributed by atoms with Gasteiger partial charge in [-0.25, -0.2) is 0 Å². The topological polar surface area (TPSA) is 58.6 Å². The molecule has 2 aromatic carbocycles. The van der Waals surface area contributed by atoms with Crippen molar-refractivity contribution in [3.63, 3.8) is 0 Å². The number of ether oxygens (including phenoxy) is 1. The minimum atomic E-state index is -0.229. The molecule has 3 rings (SSSR count). The fourth-order valence-electron chi connectivity index (χ4n) is 3.16. The average molecular weight is 352 g/mol. The van der Waals surface area contributed by atoms with Crippen LogP contribution in [0.25, 0.3) is 0 Å². The highest BCUT2D eigenvalue weighted by Gasteiger charge is 2.21. The maximum atomic E-state index is 12.8. The normalized spacial score (nSPS) is 14.1. The molecular formula is C21H24N2O3. The molecule has 0 radical (unpaired) electrons. The SMILES string of the molecule is COCc1ccc(C(=O)Nc2ccccc2C(=O)N2CCCCC2)cc1. The van der Waals surface area contributed by atoms with Crippen molar-refractivity contribution < 1.29 is 14.3 Å². The first kappa shape index (κ1) is 18.1. The first-order valence-corrected chi connectivity index (χ1v) is 8.96. The van der Waals surface area contributed by atoms with Crippen molar-refractivity contribution in [3.8, 4) is 0 Å². The fraction of sp³-hybridized carbons (Fsp3) is 0.333. The molecule has 1 aliphatic rings. The summed E-state index contributed by atoms with van der Waals surface area (Å²) in [5.74, 6) is -0.246. The number of rotatable bonds is 5. The standard InChI is InChI=1S/C21H24N2O3/c1-26-15-16-9-11-17(12-10-16)20(24)22-19-8-4-3-7-18(19)21(25)23-13-5-2-6-14-23/h3-4,7-12H,2,5-6,13-15H2,1H3,(H,22,24). The highest BCUT2D eigenvalue weighted by molar-refractivity contribution is 6.09. The third-order valence-corrected chi connectivity index (χ3v) is 4.58. The molecule has 1 fully saturated rings. The number of anilines is 1. The van der Waals surface area contributed by atoms with E-state index in [1.807, 2.05) is 29.2 Å². The Bertz CT molecular complexity index is 765. The van der Waals surface area contributed by atoms with Gasteiger partial charge in [-0.3, -0.25) is 9.59 Å². The van der Waals surface area contributed by atoms with E-state index in [2.05, 4.69) is 5.32 Å². The summed E-state index contributed by atoms with van der Waals surface area (Å²) >= 11 is 0. The molecule has 0 spiro atoms. The van der Waals surface area contributed by atoms with Crippen LogP contribution in [-0.2, 0) is 11.3 Å². The van der Waals surface area contributed by atoms with Crippen molar-refractivity contribution in [2.75, 3.05) is 25.5 Å². The van der Waals surface area contributed by atoms with Gasteiger partial charge in [-0.05, 0) is 49.1 Å². The third-order valence-electron chi connectivity index (χ3n) is 4.58. The van der Waals surface area contributed by atoms with E-state index in [0.717, 1.165) is 31.5 Å². The summed E-state index contributed by atoms with van der Waals surface area (Å²) < 4.78 is 5.08. The van der Waals surface area contributed by atoms with Gasteiger partial charge in [0.2, 0.25) is 0 Å². The predicted octanol–water partition coefficient (Wildman–Crippen LogP) is 3.71. The molecule has 5 nitrogen and oxygen atoms in total. The fourth-order valence-corrected chi connectivity index (χ4v) is 3.16. The number of amides is 2. The zero-order valence-electron chi connectivity index (χ0n) is 15.0. The Balaban J connectivity index is 1.75. The van der Waals surface area contributed by atoms with Crippen molar-refractivity contribution in [2.45, 2.75) is 25.9 Å². The Morgan fingerprint density at radius 2 is 1.69 bits per heavy atom. The van der Waals surface area contributed by atoms with Crippen LogP contribution in [0.4, 0.5) is 5.69 Å². The number of para-hydroxylation sites is 1. The Morgan fingerprint density at radius 3 is 2.38 bits per heavy atom. The van der Waals surface area contributed by atoms with Crippen LogP contribution in [0.2, 0.25) is 0 Å². The number of nitrogens with one attached hydrogen (secondary N) is 1. The van der Waals surface area contributed by atoms with E-state index in [-0.39, 0.29) is 11.8 Å². The monoisotopic (exact) mass is 352 g/mol. The lowest BCUT2D eigenvalue weighted by Crippen LogP contribution is -2.36.